The van der Waals surface area contributed by atoms with Crippen molar-refractivity contribution in [2.45, 2.75) is 52.6 Å². The Morgan fingerprint density at radius 3 is 2.29 bits per heavy atom. The Hall–Kier alpha value is -2.94. The molecule has 2 amide bonds. The van der Waals surface area contributed by atoms with Crippen molar-refractivity contribution in [2.24, 2.45) is 0 Å². The van der Waals surface area contributed by atoms with Gasteiger partial charge in [0.15, 0.2) is 0 Å². The summed E-state index contributed by atoms with van der Waals surface area (Å²) < 4.78 is 39.7. The van der Waals surface area contributed by atoms with Gasteiger partial charge in [-0.1, -0.05) is 31.2 Å². The molecule has 0 heterocycles. The fourth-order valence-electron chi connectivity index (χ4n) is 3.84. The van der Waals surface area contributed by atoms with Gasteiger partial charge in [0.25, 0.3) is 0 Å². The number of anilines is 1. The van der Waals surface area contributed by atoms with Crippen LogP contribution in [0, 0.1) is 19.7 Å². The zero-order chi connectivity index (χ0) is 25.5. The minimum Gasteiger partial charge on any atom is -0.357 e. The highest BCUT2D eigenvalue weighted by molar-refractivity contribution is 7.92. The van der Waals surface area contributed by atoms with E-state index < -0.39 is 16.1 Å². The molecule has 186 valence electrons. The second-order valence-electron chi connectivity index (χ2n) is 8.42. The number of benzene rings is 2. The summed E-state index contributed by atoms with van der Waals surface area (Å²) in [6.07, 6.45) is 1.90. The van der Waals surface area contributed by atoms with Crippen LogP contribution in [0.2, 0.25) is 0 Å². The molecule has 0 bridgehead atoms. The number of carbonyl (C=O) groups is 2. The van der Waals surface area contributed by atoms with Crippen LogP contribution < -0.4 is 9.62 Å². The van der Waals surface area contributed by atoms with E-state index in [9.17, 15) is 22.4 Å². The third-order valence-corrected chi connectivity index (χ3v) is 6.86. The monoisotopic (exact) mass is 491 g/mol. The summed E-state index contributed by atoms with van der Waals surface area (Å²) in [5.41, 5.74) is 3.05. The van der Waals surface area contributed by atoms with E-state index in [0.29, 0.717) is 17.7 Å². The number of halogens is 1. The van der Waals surface area contributed by atoms with E-state index in [1.807, 2.05) is 39.0 Å². The second kappa shape index (κ2) is 12.0. The van der Waals surface area contributed by atoms with Gasteiger partial charge in [-0.15, -0.1) is 0 Å². The standard InChI is InChI=1S/C25H34FN3O4S/c1-6-22(25(31)27-4)28(17-20-11-13-21(26)14-12-20)24(30)8-7-15-29(34(5,32)33)23-16-18(2)9-10-19(23)3/h9-14,16,22H,6-8,15,17H2,1-5H3,(H,27,31)/t22-/m0/s1. The summed E-state index contributed by atoms with van der Waals surface area (Å²) in [6.45, 7) is 5.84. The number of likely N-dealkylation sites (N-methyl/N-ethyl adjacent to an activating group) is 1. The number of hydrogen-bond acceptors (Lipinski definition) is 4. The van der Waals surface area contributed by atoms with Crippen LogP contribution in [0.4, 0.5) is 10.1 Å². The number of carbonyl (C=O) groups excluding carboxylic acids is 2. The van der Waals surface area contributed by atoms with Crippen molar-refractivity contribution in [3.63, 3.8) is 0 Å². The molecular formula is C25H34FN3O4S. The normalized spacial score (nSPS) is 12.2. The Kier molecular flexibility index (Phi) is 9.61. The van der Waals surface area contributed by atoms with Crippen molar-refractivity contribution in [1.82, 2.24) is 10.2 Å². The van der Waals surface area contributed by atoms with Crippen molar-refractivity contribution in [3.8, 4) is 0 Å². The fourth-order valence-corrected chi connectivity index (χ4v) is 4.86. The molecule has 0 fully saturated rings. The van der Waals surface area contributed by atoms with Crippen molar-refractivity contribution >= 4 is 27.5 Å². The molecule has 0 saturated carbocycles. The molecule has 2 aromatic rings. The predicted octanol–water partition coefficient (Wildman–Crippen LogP) is 3.54. The lowest BCUT2D eigenvalue weighted by Crippen LogP contribution is -2.48. The summed E-state index contributed by atoms with van der Waals surface area (Å²) >= 11 is 0. The Morgan fingerprint density at radius 2 is 1.74 bits per heavy atom. The largest absolute Gasteiger partial charge is 0.357 e. The van der Waals surface area contributed by atoms with Gasteiger partial charge in [-0.2, -0.15) is 0 Å². The summed E-state index contributed by atoms with van der Waals surface area (Å²) in [5.74, 6) is -0.937. The molecule has 0 radical (unpaired) electrons. The second-order valence-corrected chi connectivity index (χ2v) is 10.3. The Balaban J connectivity index is 2.21. The molecule has 2 rings (SSSR count). The topological polar surface area (TPSA) is 86.8 Å². The average molecular weight is 492 g/mol. The predicted molar refractivity (Wildman–Crippen MR) is 132 cm³/mol. The summed E-state index contributed by atoms with van der Waals surface area (Å²) in [7, 11) is -2.04. The van der Waals surface area contributed by atoms with Crippen molar-refractivity contribution < 1.29 is 22.4 Å². The van der Waals surface area contributed by atoms with Crippen LogP contribution >= 0.6 is 0 Å². The zero-order valence-corrected chi connectivity index (χ0v) is 21.3. The van der Waals surface area contributed by atoms with Crippen LogP contribution in [0.15, 0.2) is 42.5 Å². The molecule has 34 heavy (non-hydrogen) atoms. The quantitative estimate of drug-likeness (QED) is 0.521. The van der Waals surface area contributed by atoms with Gasteiger partial charge < -0.3 is 10.2 Å². The highest BCUT2D eigenvalue weighted by Crippen LogP contribution is 2.25. The van der Waals surface area contributed by atoms with E-state index in [0.717, 1.165) is 17.4 Å². The van der Waals surface area contributed by atoms with Gasteiger partial charge in [-0.05, 0) is 61.6 Å². The number of aryl methyl sites for hydroxylation is 2. The first-order chi connectivity index (χ1) is 16.0. The lowest BCUT2D eigenvalue weighted by Gasteiger charge is -2.31. The molecule has 0 saturated heterocycles. The van der Waals surface area contributed by atoms with E-state index in [1.165, 1.54) is 28.4 Å². The molecule has 0 unspecified atom stereocenters. The van der Waals surface area contributed by atoms with E-state index in [-0.39, 0.29) is 43.6 Å². The van der Waals surface area contributed by atoms with Gasteiger partial charge in [0, 0.05) is 26.6 Å². The van der Waals surface area contributed by atoms with Crippen LogP contribution in [0.25, 0.3) is 0 Å². The van der Waals surface area contributed by atoms with Crippen LogP contribution in [0.3, 0.4) is 0 Å². The Morgan fingerprint density at radius 1 is 1.09 bits per heavy atom. The number of rotatable bonds is 11. The van der Waals surface area contributed by atoms with Gasteiger partial charge in [0.05, 0.1) is 11.9 Å². The van der Waals surface area contributed by atoms with Crippen molar-refractivity contribution in [1.29, 1.82) is 0 Å². The third kappa shape index (κ3) is 7.28. The minimum absolute atomic E-state index is 0.0611. The number of sulfonamides is 1. The summed E-state index contributed by atoms with van der Waals surface area (Å²) in [6, 6.07) is 10.7. The summed E-state index contributed by atoms with van der Waals surface area (Å²) in [4.78, 5) is 27.2. The molecule has 0 spiro atoms. The van der Waals surface area contributed by atoms with E-state index in [2.05, 4.69) is 5.32 Å². The molecule has 0 aliphatic carbocycles. The number of nitrogens with zero attached hydrogens (tertiary/aromatic N) is 2. The highest BCUT2D eigenvalue weighted by Gasteiger charge is 2.28. The Bertz CT molecular complexity index is 1100. The van der Waals surface area contributed by atoms with Crippen molar-refractivity contribution in [2.75, 3.05) is 24.2 Å². The average Bonchev–Trinajstić information content (AvgIpc) is 2.78. The maximum atomic E-state index is 13.3. The highest BCUT2D eigenvalue weighted by atomic mass is 32.2. The molecule has 1 atom stereocenters. The molecule has 2 aromatic carbocycles. The van der Waals surface area contributed by atoms with Crippen LogP contribution in [-0.2, 0) is 26.2 Å². The maximum Gasteiger partial charge on any atom is 0.242 e. The lowest BCUT2D eigenvalue weighted by atomic mass is 10.1. The molecule has 7 nitrogen and oxygen atoms in total. The van der Waals surface area contributed by atoms with Gasteiger partial charge >= 0.3 is 0 Å². The van der Waals surface area contributed by atoms with Crippen LogP contribution in [0.5, 0.6) is 0 Å². The third-order valence-electron chi connectivity index (χ3n) is 5.68. The number of amides is 2. The number of nitrogens with one attached hydrogen (secondary N) is 1. The minimum atomic E-state index is -3.56. The lowest BCUT2D eigenvalue weighted by molar-refractivity contribution is -0.141. The first kappa shape index (κ1) is 27.3. The Labute approximate surface area is 202 Å². The molecular weight excluding hydrogens is 457 g/mol. The van der Waals surface area contributed by atoms with E-state index in [4.69, 9.17) is 0 Å². The molecule has 0 aromatic heterocycles. The first-order valence-electron chi connectivity index (χ1n) is 11.3. The maximum absolute atomic E-state index is 13.3. The van der Waals surface area contributed by atoms with Gasteiger partial charge in [0.2, 0.25) is 21.8 Å². The SMILES string of the molecule is CC[C@@H](C(=O)NC)N(Cc1ccc(F)cc1)C(=O)CCCN(c1cc(C)ccc1C)S(C)(=O)=O. The van der Waals surface area contributed by atoms with Gasteiger partial charge in [-0.3, -0.25) is 13.9 Å². The molecule has 0 aliphatic rings. The van der Waals surface area contributed by atoms with Gasteiger partial charge in [0.1, 0.15) is 11.9 Å². The van der Waals surface area contributed by atoms with Crippen LogP contribution in [-0.4, -0.2) is 51.0 Å². The fraction of sp³-hybridized carbons (Fsp3) is 0.440. The molecule has 9 heteroatoms. The molecule has 0 aliphatic heterocycles. The molecule has 1 N–H and O–H groups in total. The number of hydrogen-bond donors (Lipinski definition) is 1. The first-order valence-corrected chi connectivity index (χ1v) is 13.1. The summed E-state index contributed by atoms with van der Waals surface area (Å²) in [5, 5.41) is 2.59. The smallest absolute Gasteiger partial charge is 0.242 e. The van der Waals surface area contributed by atoms with Crippen LogP contribution in [0.1, 0.15) is 42.9 Å². The van der Waals surface area contributed by atoms with E-state index >= 15 is 0 Å². The van der Waals surface area contributed by atoms with Crippen molar-refractivity contribution in [3.05, 3.63) is 65.0 Å². The zero-order valence-electron chi connectivity index (χ0n) is 20.5. The van der Waals surface area contributed by atoms with E-state index in [1.54, 1.807) is 12.1 Å². The van der Waals surface area contributed by atoms with Gasteiger partial charge in [-0.25, -0.2) is 12.8 Å².